The second kappa shape index (κ2) is 6.79. The van der Waals surface area contributed by atoms with Crippen molar-refractivity contribution in [3.05, 3.63) is 56.6 Å². The Morgan fingerprint density at radius 1 is 1.12 bits per heavy atom. The average Bonchev–Trinajstić information content (AvgIpc) is 3.16. The van der Waals surface area contributed by atoms with Crippen LogP contribution in [0.3, 0.4) is 0 Å². The first-order valence-electron chi connectivity index (χ1n) is 6.76. The van der Waals surface area contributed by atoms with Crippen molar-refractivity contribution in [1.29, 1.82) is 0 Å². The van der Waals surface area contributed by atoms with Crippen LogP contribution in [-0.4, -0.2) is 22.2 Å². The molecule has 1 aliphatic heterocycles. The highest BCUT2D eigenvalue weighted by molar-refractivity contribution is 8.27. The van der Waals surface area contributed by atoms with Crippen LogP contribution in [0.5, 0.6) is 0 Å². The summed E-state index contributed by atoms with van der Waals surface area (Å²) in [5.41, 5.74) is -0.723. The van der Waals surface area contributed by atoms with E-state index in [2.05, 4.69) is 0 Å². The number of carboxylic acids is 2. The molecule has 0 unspecified atom stereocenters. The summed E-state index contributed by atoms with van der Waals surface area (Å²) in [5, 5.41) is 24.1. The van der Waals surface area contributed by atoms with Gasteiger partial charge in [-0.25, -0.2) is 0 Å². The number of hydrogen-bond donors (Lipinski definition) is 0. The number of benzene rings is 1. The van der Waals surface area contributed by atoms with Crippen molar-refractivity contribution in [2.45, 2.75) is 0 Å². The number of rotatable bonds is 4. The van der Waals surface area contributed by atoms with Gasteiger partial charge in [-0.05, 0) is 46.8 Å². The second-order valence-corrected chi connectivity index (χ2v) is 7.53. The summed E-state index contributed by atoms with van der Waals surface area (Å²) in [7, 11) is 0. The van der Waals surface area contributed by atoms with Gasteiger partial charge in [0.2, 0.25) is 0 Å². The monoisotopic (exact) mass is 389 g/mol. The van der Waals surface area contributed by atoms with E-state index in [1.807, 2.05) is 17.5 Å². The zero-order valence-corrected chi connectivity index (χ0v) is 14.7. The number of carbonyl (C=O) groups is 3. The van der Waals surface area contributed by atoms with Crippen LogP contribution in [0.1, 0.15) is 25.6 Å². The smallest absolute Gasteiger partial charge is 0.270 e. The summed E-state index contributed by atoms with van der Waals surface area (Å²) in [6.45, 7) is 0. The Kier molecular flexibility index (Phi) is 4.71. The molecule has 0 saturated carbocycles. The largest absolute Gasteiger partial charge is 0.545 e. The molecule has 1 amide bonds. The first kappa shape index (κ1) is 17.3. The maximum atomic E-state index is 12.6. The molecule has 6 nitrogen and oxygen atoms in total. The van der Waals surface area contributed by atoms with E-state index in [4.69, 9.17) is 12.2 Å². The maximum absolute atomic E-state index is 12.6. The van der Waals surface area contributed by atoms with Crippen LogP contribution < -0.4 is 15.1 Å². The Balaban J connectivity index is 2.04. The highest BCUT2D eigenvalue weighted by atomic mass is 32.2. The predicted molar refractivity (Wildman–Crippen MR) is 95.1 cm³/mol. The van der Waals surface area contributed by atoms with Crippen LogP contribution in [-0.2, 0) is 4.79 Å². The second-order valence-electron chi connectivity index (χ2n) is 4.88. The zero-order chi connectivity index (χ0) is 18.1. The number of hydrogen-bond acceptors (Lipinski definition) is 8. The van der Waals surface area contributed by atoms with Gasteiger partial charge < -0.3 is 19.8 Å². The van der Waals surface area contributed by atoms with Gasteiger partial charge in [0.05, 0.1) is 22.5 Å². The van der Waals surface area contributed by atoms with Crippen LogP contribution >= 0.6 is 35.3 Å². The van der Waals surface area contributed by atoms with E-state index in [-0.39, 0.29) is 21.1 Å². The Bertz CT molecular complexity index is 901. The van der Waals surface area contributed by atoms with Gasteiger partial charge in [-0.2, -0.15) is 0 Å². The molecule has 0 aliphatic carbocycles. The van der Waals surface area contributed by atoms with Crippen LogP contribution in [0.4, 0.5) is 5.69 Å². The van der Waals surface area contributed by atoms with Crippen molar-refractivity contribution in [3.63, 3.8) is 0 Å². The number of thioether (sulfide) groups is 1. The number of thiocarbonyl (C=S) groups is 1. The number of amides is 1. The Morgan fingerprint density at radius 3 is 2.28 bits per heavy atom. The van der Waals surface area contributed by atoms with Crippen LogP contribution in [0.25, 0.3) is 6.08 Å². The van der Waals surface area contributed by atoms with Gasteiger partial charge in [0, 0.05) is 4.88 Å². The molecule has 2 heterocycles. The fourth-order valence-electron chi connectivity index (χ4n) is 2.17. The summed E-state index contributed by atoms with van der Waals surface area (Å²) < 4.78 is 0.174. The van der Waals surface area contributed by atoms with Crippen molar-refractivity contribution in [2.75, 3.05) is 4.90 Å². The minimum absolute atomic E-state index is 0.0398. The standard InChI is InChI=1S/C16H9NO5S3/c18-13-12(7-11-2-1-3-24-11)25-16(23)17(13)10-5-8(14(19)20)4-9(6-10)15(21)22/h1-7H,(H,19,20)(H,21,22)/p-2/b12-7+. The van der Waals surface area contributed by atoms with Gasteiger partial charge >= 0.3 is 0 Å². The first-order valence-corrected chi connectivity index (χ1v) is 8.86. The molecule has 25 heavy (non-hydrogen) atoms. The Hall–Kier alpha value is -2.49. The third-order valence-corrected chi connectivity index (χ3v) is 5.38. The van der Waals surface area contributed by atoms with E-state index in [9.17, 15) is 24.6 Å². The van der Waals surface area contributed by atoms with Crippen LogP contribution in [0.2, 0.25) is 0 Å². The molecule has 0 spiro atoms. The summed E-state index contributed by atoms with van der Waals surface area (Å²) in [5.74, 6) is -3.59. The fourth-order valence-corrected chi connectivity index (χ4v) is 4.19. The molecule has 9 heteroatoms. The van der Waals surface area contributed by atoms with Crippen molar-refractivity contribution >= 4 is 69.2 Å². The fraction of sp³-hybridized carbons (Fsp3) is 0. The molecule has 0 atom stereocenters. The first-order chi connectivity index (χ1) is 11.9. The molecule has 1 aromatic heterocycles. The molecule has 0 bridgehead atoms. The summed E-state index contributed by atoms with van der Waals surface area (Å²) in [6.07, 6.45) is 1.67. The molecule has 1 aromatic carbocycles. The van der Waals surface area contributed by atoms with E-state index in [1.165, 1.54) is 11.3 Å². The van der Waals surface area contributed by atoms with Gasteiger partial charge in [0.15, 0.2) is 4.32 Å². The van der Waals surface area contributed by atoms with Crippen LogP contribution in [0.15, 0.2) is 40.6 Å². The minimum atomic E-state index is -1.57. The van der Waals surface area contributed by atoms with Gasteiger partial charge in [0.25, 0.3) is 5.91 Å². The van der Waals surface area contributed by atoms with Crippen molar-refractivity contribution in [3.8, 4) is 0 Å². The molecule has 0 N–H and O–H groups in total. The average molecular weight is 389 g/mol. The lowest BCUT2D eigenvalue weighted by Crippen LogP contribution is -2.30. The molecule has 2 aromatic rings. The Labute approximate surface area is 155 Å². The molecule has 1 fully saturated rings. The lowest BCUT2D eigenvalue weighted by molar-refractivity contribution is -0.255. The number of thiophene rings is 1. The van der Waals surface area contributed by atoms with E-state index in [0.29, 0.717) is 4.91 Å². The summed E-state index contributed by atoms with van der Waals surface area (Å²) in [4.78, 5) is 37.2. The SMILES string of the molecule is O=C([O-])c1cc(C(=O)[O-])cc(N2C(=O)/C(=C\c3cccs3)SC2=S)c1. The van der Waals surface area contributed by atoms with Gasteiger partial charge in [0.1, 0.15) is 0 Å². The number of carboxylic acid groups (broad SMARTS) is 2. The van der Waals surface area contributed by atoms with Gasteiger partial charge in [-0.3, -0.25) is 9.69 Å². The van der Waals surface area contributed by atoms with Crippen molar-refractivity contribution < 1.29 is 24.6 Å². The molecule has 1 aliphatic rings. The highest BCUT2D eigenvalue weighted by Crippen LogP contribution is 2.37. The van der Waals surface area contributed by atoms with Crippen molar-refractivity contribution in [2.24, 2.45) is 0 Å². The third-order valence-electron chi connectivity index (χ3n) is 3.26. The minimum Gasteiger partial charge on any atom is -0.545 e. The lowest BCUT2D eigenvalue weighted by Gasteiger charge is -2.18. The maximum Gasteiger partial charge on any atom is 0.270 e. The summed E-state index contributed by atoms with van der Waals surface area (Å²) in [6, 6.07) is 6.86. The number of nitrogens with zero attached hydrogens (tertiary/aromatic N) is 1. The Morgan fingerprint density at radius 2 is 1.76 bits per heavy atom. The zero-order valence-electron chi connectivity index (χ0n) is 12.3. The molecular weight excluding hydrogens is 382 g/mol. The van der Waals surface area contributed by atoms with Gasteiger partial charge in [-0.1, -0.05) is 30.0 Å². The number of aromatic carboxylic acids is 2. The van der Waals surface area contributed by atoms with E-state index < -0.39 is 17.8 Å². The number of anilines is 1. The number of carbonyl (C=O) groups excluding carboxylic acids is 3. The predicted octanol–water partition coefficient (Wildman–Crippen LogP) is 0.881. The summed E-state index contributed by atoms with van der Waals surface area (Å²) >= 11 is 7.69. The van der Waals surface area contributed by atoms with Gasteiger partial charge in [-0.15, -0.1) is 11.3 Å². The third kappa shape index (κ3) is 3.48. The molecular formula is C16H7NO5S3-2. The molecule has 126 valence electrons. The van der Waals surface area contributed by atoms with E-state index >= 15 is 0 Å². The topological polar surface area (TPSA) is 101 Å². The lowest BCUT2D eigenvalue weighted by atomic mass is 10.1. The molecule has 3 rings (SSSR count). The van der Waals surface area contributed by atoms with Crippen LogP contribution in [0, 0.1) is 0 Å². The van der Waals surface area contributed by atoms with E-state index in [1.54, 1.807) is 6.08 Å². The quantitative estimate of drug-likeness (QED) is 0.565. The molecule has 1 saturated heterocycles. The van der Waals surface area contributed by atoms with E-state index in [0.717, 1.165) is 39.7 Å². The normalized spacial score (nSPS) is 15.8. The van der Waals surface area contributed by atoms with Crippen molar-refractivity contribution in [1.82, 2.24) is 0 Å². The molecule has 0 radical (unpaired) electrons. The highest BCUT2D eigenvalue weighted by Gasteiger charge is 2.33.